The van der Waals surface area contributed by atoms with Crippen molar-refractivity contribution in [2.75, 3.05) is 26.3 Å². The molecule has 2 N–H and O–H groups in total. The predicted octanol–water partition coefficient (Wildman–Crippen LogP) is 4.54. The first-order valence-electron chi connectivity index (χ1n) is 9.44. The zero-order chi connectivity index (χ0) is 19.3. The van der Waals surface area contributed by atoms with E-state index >= 15 is 0 Å². The smallest absolute Gasteiger partial charge is 0.254 e. The Morgan fingerprint density at radius 1 is 1.33 bits per heavy atom. The number of carbonyl (C=O) groups is 1. The lowest BCUT2D eigenvalue weighted by Gasteiger charge is -2.42. The number of carbonyl (C=O) groups excluding carboxylic acids is 1. The van der Waals surface area contributed by atoms with E-state index < -0.39 is 0 Å². The number of unbranched alkanes of at least 4 members (excludes halogenated alkanes) is 1. The largest absolute Gasteiger partial charge is 0.490 e. The number of hydrogen-bond acceptors (Lipinski definition) is 4. The molecular formula is C20H32Cl2N2O3. The zero-order valence-corrected chi connectivity index (χ0v) is 18.3. The number of hydrogen-bond donors (Lipinski definition) is 1. The zero-order valence-electron chi connectivity index (χ0n) is 16.7. The Balaban J connectivity index is 0.00000364. The molecule has 154 valence electrons. The fourth-order valence-electron chi connectivity index (χ4n) is 3.14. The highest BCUT2D eigenvalue weighted by molar-refractivity contribution is 6.32. The van der Waals surface area contributed by atoms with Crippen molar-refractivity contribution in [3.05, 3.63) is 22.7 Å². The first kappa shape index (κ1) is 23.9. The van der Waals surface area contributed by atoms with Gasteiger partial charge in [0.2, 0.25) is 0 Å². The van der Waals surface area contributed by atoms with Crippen LogP contribution < -0.4 is 15.2 Å². The van der Waals surface area contributed by atoms with Crippen molar-refractivity contribution < 1.29 is 14.3 Å². The summed E-state index contributed by atoms with van der Waals surface area (Å²) in [5.74, 6) is 0.986. The number of nitrogens with zero attached hydrogens (tertiary/aromatic N) is 1. The summed E-state index contributed by atoms with van der Waals surface area (Å²) in [6.07, 6.45) is 2.76. The summed E-state index contributed by atoms with van der Waals surface area (Å²) in [6, 6.07) is 3.51. The maximum Gasteiger partial charge on any atom is 0.254 e. The molecule has 1 amide bonds. The lowest BCUT2D eigenvalue weighted by Crippen LogP contribution is -2.54. The average molecular weight is 419 g/mol. The van der Waals surface area contributed by atoms with E-state index in [2.05, 4.69) is 20.8 Å². The Hall–Kier alpha value is -1.17. The van der Waals surface area contributed by atoms with Crippen molar-refractivity contribution in [3.63, 3.8) is 0 Å². The van der Waals surface area contributed by atoms with E-state index in [1.807, 2.05) is 11.8 Å². The van der Waals surface area contributed by atoms with Crippen molar-refractivity contribution in [2.45, 2.75) is 53.0 Å². The lowest BCUT2D eigenvalue weighted by molar-refractivity contribution is 0.0532. The van der Waals surface area contributed by atoms with Gasteiger partial charge in [0, 0.05) is 24.7 Å². The van der Waals surface area contributed by atoms with Gasteiger partial charge in [-0.3, -0.25) is 4.79 Å². The minimum Gasteiger partial charge on any atom is -0.490 e. The summed E-state index contributed by atoms with van der Waals surface area (Å²) in [6.45, 7) is 10.5. The second-order valence-corrected chi connectivity index (χ2v) is 7.94. The lowest BCUT2D eigenvalue weighted by atomic mass is 9.79. The van der Waals surface area contributed by atoms with E-state index in [9.17, 15) is 4.79 Å². The monoisotopic (exact) mass is 418 g/mol. The first-order chi connectivity index (χ1) is 12.3. The van der Waals surface area contributed by atoms with Crippen LogP contribution in [0.2, 0.25) is 5.02 Å². The molecule has 0 aromatic heterocycles. The highest BCUT2D eigenvalue weighted by Crippen LogP contribution is 2.38. The summed E-state index contributed by atoms with van der Waals surface area (Å²) in [5, 5.41) is 0.406. The van der Waals surface area contributed by atoms with Gasteiger partial charge in [-0.1, -0.05) is 38.8 Å². The van der Waals surface area contributed by atoms with Crippen molar-refractivity contribution >= 4 is 29.9 Å². The topological polar surface area (TPSA) is 64.8 Å². The Labute approximate surface area is 173 Å². The number of rotatable bonds is 7. The molecule has 0 radical (unpaired) electrons. The van der Waals surface area contributed by atoms with Crippen LogP contribution in [0.3, 0.4) is 0 Å². The van der Waals surface area contributed by atoms with Crippen molar-refractivity contribution in [1.29, 1.82) is 0 Å². The van der Waals surface area contributed by atoms with Gasteiger partial charge in [0.05, 0.1) is 18.2 Å². The third-order valence-electron chi connectivity index (χ3n) is 4.90. The second kappa shape index (κ2) is 10.4. The summed E-state index contributed by atoms with van der Waals surface area (Å²) >= 11 is 6.42. The summed E-state index contributed by atoms with van der Waals surface area (Å²) in [5.41, 5.74) is 6.60. The maximum absolute atomic E-state index is 13.0. The van der Waals surface area contributed by atoms with Crippen LogP contribution in [-0.4, -0.2) is 43.2 Å². The van der Waals surface area contributed by atoms with Crippen LogP contribution in [-0.2, 0) is 0 Å². The quantitative estimate of drug-likeness (QED) is 0.659. The third kappa shape index (κ3) is 5.90. The van der Waals surface area contributed by atoms with E-state index in [1.54, 1.807) is 12.1 Å². The number of nitrogens with two attached hydrogens (primary N) is 1. The van der Waals surface area contributed by atoms with Gasteiger partial charge >= 0.3 is 0 Å². The molecule has 0 spiro atoms. The Morgan fingerprint density at radius 2 is 2.04 bits per heavy atom. The van der Waals surface area contributed by atoms with Crippen LogP contribution in [0.1, 0.15) is 57.3 Å². The molecular weight excluding hydrogens is 387 g/mol. The minimum atomic E-state index is -0.107. The van der Waals surface area contributed by atoms with Crippen LogP contribution in [0.5, 0.6) is 11.5 Å². The molecule has 1 atom stereocenters. The number of ether oxygens (including phenoxy) is 2. The van der Waals surface area contributed by atoms with Crippen molar-refractivity contribution in [1.82, 2.24) is 4.90 Å². The van der Waals surface area contributed by atoms with Crippen LogP contribution in [0.15, 0.2) is 12.1 Å². The predicted molar refractivity (Wildman–Crippen MR) is 113 cm³/mol. The van der Waals surface area contributed by atoms with Gasteiger partial charge < -0.3 is 20.1 Å². The summed E-state index contributed by atoms with van der Waals surface area (Å²) < 4.78 is 11.5. The Kier molecular flexibility index (Phi) is 9.19. The maximum atomic E-state index is 13.0. The molecule has 0 saturated carbocycles. The van der Waals surface area contributed by atoms with Gasteiger partial charge in [-0.25, -0.2) is 0 Å². The van der Waals surface area contributed by atoms with Gasteiger partial charge in [-0.2, -0.15) is 0 Å². The average Bonchev–Trinajstić information content (AvgIpc) is 2.59. The Bertz CT molecular complexity index is 638. The van der Waals surface area contributed by atoms with Gasteiger partial charge in [0.1, 0.15) is 0 Å². The number of halogens is 2. The molecule has 1 saturated heterocycles. The number of likely N-dealkylation sites (tertiary alicyclic amines) is 1. The molecule has 0 bridgehead atoms. The first-order valence-corrected chi connectivity index (χ1v) is 9.82. The highest BCUT2D eigenvalue weighted by Gasteiger charge is 2.35. The van der Waals surface area contributed by atoms with E-state index in [0.717, 1.165) is 19.3 Å². The molecule has 5 nitrogen and oxygen atoms in total. The van der Waals surface area contributed by atoms with Crippen LogP contribution >= 0.6 is 24.0 Å². The fraction of sp³-hybridized carbons (Fsp3) is 0.650. The van der Waals surface area contributed by atoms with E-state index in [4.69, 9.17) is 26.8 Å². The van der Waals surface area contributed by atoms with Crippen molar-refractivity contribution in [2.24, 2.45) is 11.1 Å². The standard InChI is InChI=1S/C20H31ClN2O3.ClH/c1-5-7-10-26-18-15(21)11-14(12-16(18)25-6-2)19(24)23-9-8-17(22)20(3,4)13-23;/h11-12,17H,5-10,13,22H2,1-4H3;1H. The van der Waals surface area contributed by atoms with Gasteiger partial charge in [-0.05, 0) is 37.3 Å². The van der Waals surface area contributed by atoms with E-state index in [-0.39, 0.29) is 29.8 Å². The SMILES string of the molecule is CCCCOc1c(Cl)cc(C(=O)N2CCC(N)C(C)(C)C2)cc1OCC.Cl. The molecule has 7 heteroatoms. The van der Waals surface area contributed by atoms with Crippen LogP contribution in [0, 0.1) is 5.41 Å². The molecule has 1 heterocycles. The fourth-order valence-corrected chi connectivity index (χ4v) is 3.41. The molecule has 0 aliphatic carbocycles. The van der Waals surface area contributed by atoms with Crippen LogP contribution in [0.4, 0.5) is 0 Å². The Morgan fingerprint density at radius 3 is 2.63 bits per heavy atom. The molecule has 1 fully saturated rings. The minimum absolute atomic E-state index is 0. The van der Waals surface area contributed by atoms with Gasteiger partial charge in [0.25, 0.3) is 5.91 Å². The van der Waals surface area contributed by atoms with Gasteiger partial charge in [-0.15, -0.1) is 12.4 Å². The molecule has 1 aromatic rings. The number of benzene rings is 1. The van der Waals surface area contributed by atoms with E-state index in [1.165, 1.54) is 0 Å². The van der Waals surface area contributed by atoms with E-state index in [0.29, 0.717) is 48.4 Å². The second-order valence-electron chi connectivity index (χ2n) is 7.53. The molecule has 1 aliphatic heterocycles. The summed E-state index contributed by atoms with van der Waals surface area (Å²) in [7, 11) is 0. The number of amides is 1. The molecule has 1 aromatic carbocycles. The molecule has 1 aliphatic rings. The summed E-state index contributed by atoms with van der Waals surface area (Å²) in [4.78, 5) is 14.9. The number of piperidine rings is 1. The van der Waals surface area contributed by atoms with Crippen LogP contribution in [0.25, 0.3) is 0 Å². The molecule has 1 unspecified atom stereocenters. The van der Waals surface area contributed by atoms with Crippen molar-refractivity contribution in [3.8, 4) is 11.5 Å². The third-order valence-corrected chi connectivity index (χ3v) is 5.18. The van der Waals surface area contributed by atoms with Gasteiger partial charge in [0.15, 0.2) is 11.5 Å². The molecule has 2 rings (SSSR count). The normalized spacial score (nSPS) is 18.6. The highest BCUT2D eigenvalue weighted by atomic mass is 35.5. The molecule has 27 heavy (non-hydrogen) atoms.